The largest absolute Gasteiger partial charge is 0.602 e. The lowest BCUT2D eigenvalue weighted by Gasteiger charge is -1.93. The van der Waals surface area contributed by atoms with Crippen LogP contribution >= 0.6 is 7.82 Å². The molecule has 0 unspecified atom stereocenters. The molecule has 0 amide bonds. The van der Waals surface area contributed by atoms with Gasteiger partial charge in [-0.2, -0.15) is 0 Å². The van der Waals surface area contributed by atoms with E-state index in [4.69, 9.17) is 4.89 Å². The maximum atomic E-state index is 10.0. The Hall–Kier alpha value is -0.650. The zero-order valence-corrected chi connectivity index (χ0v) is 4.01. The summed E-state index contributed by atoms with van der Waals surface area (Å²) in [5.41, 5.74) is 0. The highest BCUT2D eigenvalue weighted by Gasteiger charge is 2.25. The van der Waals surface area contributed by atoms with Crippen molar-refractivity contribution in [1.82, 2.24) is 0 Å². The van der Waals surface area contributed by atoms with Crippen LogP contribution < -0.4 is 0 Å². The predicted octanol–water partition coefficient (Wildman–Crippen LogP) is 0.0520. The number of rotatable bonds is 0. The van der Waals surface area contributed by atoms with Gasteiger partial charge in [0.1, 0.15) is 0 Å². The van der Waals surface area contributed by atoms with Gasteiger partial charge in [-0.15, -0.1) is 0 Å². The summed E-state index contributed by atoms with van der Waals surface area (Å²) in [7, 11) is -3.77. The van der Waals surface area contributed by atoms with E-state index in [0.29, 0.717) is 0 Å². The molecule has 0 spiro atoms. The molecule has 0 aliphatic carbocycles. The van der Waals surface area contributed by atoms with E-state index in [-0.39, 0.29) is 0 Å². The first-order chi connectivity index (χ1) is 3.21. The van der Waals surface area contributed by atoms with Gasteiger partial charge in [0.25, 0.3) is 0 Å². The third-order valence-corrected chi connectivity index (χ3v) is 1.01. The summed E-state index contributed by atoms with van der Waals surface area (Å²) in [6, 6.07) is 0. The van der Waals surface area contributed by atoms with Crippen molar-refractivity contribution in [2.75, 3.05) is 0 Å². The highest BCUT2D eigenvalue weighted by Crippen LogP contribution is 2.44. The number of phosphoric ester groups is 1. The third-order valence-electron chi connectivity index (χ3n) is 0.364. The van der Waals surface area contributed by atoms with Gasteiger partial charge in [0, 0.05) is 0 Å². The smallest absolute Gasteiger partial charge is 0.337 e. The van der Waals surface area contributed by atoms with E-state index in [1.165, 1.54) is 0 Å². The number of hydrogen-bond donors (Lipinski definition) is 1. The van der Waals surface area contributed by atoms with Crippen molar-refractivity contribution in [3.05, 3.63) is 0 Å². The summed E-state index contributed by atoms with van der Waals surface area (Å²) in [6.45, 7) is 0. The molecule has 0 radical (unpaired) electrons. The fourth-order valence-electron chi connectivity index (χ4n) is 0.171. The number of hydrogen-bond acceptors (Lipinski definition) is 3. The van der Waals surface area contributed by atoms with Crippen LogP contribution in [0.2, 0.25) is 0 Å². The van der Waals surface area contributed by atoms with Crippen LogP contribution in [0, 0.1) is 12.2 Å². The first-order valence-corrected chi connectivity index (χ1v) is 2.90. The SMILES string of the molecule is O=P1(O)OC#CO1. The van der Waals surface area contributed by atoms with E-state index in [0.717, 1.165) is 0 Å². The van der Waals surface area contributed by atoms with Crippen molar-refractivity contribution in [3.8, 4) is 12.2 Å². The Kier molecular flexibility index (Phi) is 0.746. The number of phosphoric acid groups is 1. The molecule has 38 valence electrons. The second kappa shape index (κ2) is 1.16. The normalized spacial score (nSPS) is 21.3. The molecule has 1 rings (SSSR count). The summed E-state index contributed by atoms with van der Waals surface area (Å²) < 4.78 is 17.7. The molecule has 0 aromatic rings. The van der Waals surface area contributed by atoms with Crippen LogP contribution in [0.4, 0.5) is 0 Å². The van der Waals surface area contributed by atoms with Crippen molar-refractivity contribution < 1.29 is 18.5 Å². The zero-order chi connectivity index (χ0) is 5.33. The molecule has 0 bridgehead atoms. The van der Waals surface area contributed by atoms with Crippen molar-refractivity contribution in [2.45, 2.75) is 0 Å². The topological polar surface area (TPSA) is 55.8 Å². The Morgan fingerprint density at radius 2 is 1.86 bits per heavy atom. The highest BCUT2D eigenvalue weighted by molar-refractivity contribution is 7.47. The molecule has 0 saturated heterocycles. The first kappa shape index (κ1) is 4.51. The Balaban J connectivity index is 2.71. The van der Waals surface area contributed by atoms with Crippen molar-refractivity contribution >= 4 is 7.82 Å². The molecular weight excluding hydrogens is 119 g/mol. The summed E-state index contributed by atoms with van der Waals surface area (Å²) in [5, 5.41) is 0. The van der Waals surface area contributed by atoms with Gasteiger partial charge in [-0.05, 0) is 0 Å². The van der Waals surface area contributed by atoms with Crippen LogP contribution in [-0.2, 0) is 13.6 Å². The summed E-state index contributed by atoms with van der Waals surface area (Å²) in [6.07, 6.45) is 3.65. The van der Waals surface area contributed by atoms with Gasteiger partial charge in [0.05, 0.1) is 0 Å². The molecule has 1 heterocycles. The van der Waals surface area contributed by atoms with E-state index >= 15 is 0 Å². The van der Waals surface area contributed by atoms with Crippen LogP contribution in [0.25, 0.3) is 0 Å². The minimum atomic E-state index is -3.77. The van der Waals surface area contributed by atoms with E-state index in [1.807, 2.05) is 12.2 Å². The van der Waals surface area contributed by atoms with Gasteiger partial charge < -0.3 is 9.05 Å². The van der Waals surface area contributed by atoms with Crippen LogP contribution in [-0.4, -0.2) is 4.89 Å². The molecular formula is C2HO4P. The lowest BCUT2D eigenvalue weighted by atomic mass is 11.2. The first-order valence-electron chi connectivity index (χ1n) is 1.41. The second-order valence-corrected chi connectivity index (χ2v) is 2.16. The average molecular weight is 120 g/mol. The quantitative estimate of drug-likeness (QED) is 0.362. The van der Waals surface area contributed by atoms with Gasteiger partial charge >= 0.3 is 7.82 Å². The van der Waals surface area contributed by atoms with Gasteiger partial charge in [-0.1, -0.05) is 0 Å². The lowest BCUT2D eigenvalue weighted by molar-refractivity contribution is 0.285. The monoisotopic (exact) mass is 120 g/mol. The lowest BCUT2D eigenvalue weighted by Crippen LogP contribution is -1.74. The van der Waals surface area contributed by atoms with Crippen molar-refractivity contribution in [1.29, 1.82) is 0 Å². The van der Waals surface area contributed by atoms with Gasteiger partial charge in [-0.25, -0.2) is 4.57 Å². The maximum absolute atomic E-state index is 10.0. The molecule has 4 nitrogen and oxygen atoms in total. The molecule has 7 heavy (non-hydrogen) atoms. The van der Waals surface area contributed by atoms with Crippen molar-refractivity contribution in [2.24, 2.45) is 0 Å². The predicted molar refractivity (Wildman–Crippen MR) is 19.8 cm³/mol. The fourth-order valence-corrected chi connectivity index (χ4v) is 0.514. The molecule has 0 saturated carbocycles. The van der Waals surface area contributed by atoms with Crippen molar-refractivity contribution in [3.63, 3.8) is 0 Å². The summed E-state index contributed by atoms with van der Waals surface area (Å²) in [5.74, 6) is 0. The Labute approximate surface area is 39.7 Å². The van der Waals surface area contributed by atoms with Crippen LogP contribution in [0.1, 0.15) is 0 Å². The van der Waals surface area contributed by atoms with E-state index in [2.05, 4.69) is 9.05 Å². The molecule has 0 atom stereocenters. The molecule has 5 heteroatoms. The molecule has 0 aromatic heterocycles. The van der Waals surface area contributed by atoms with E-state index < -0.39 is 7.82 Å². The Bertz CT molecular complexity index is 160. The van der Waals surface area contributed by atoms with Gasteiger partial charge in [0.15, 0.2) is 12.2 Å². The van der Waals surface area contributed by atoms with Crippen LogP contribution in [0.5, 0.6) is 0 Å². The Morgan fingerprint density at radius 1 is 1.43 bits per heavy atom. The van der Waals surface area contributed by atoms with Gasteiger partial charge in [0.2, 0.25) is 0 Å². The zero-order valence-electron chi connectivity index (χ0n) is 3.12. The van der Waals surface area contributed by atoms with E-state index in [1.54, 1.807) is 0 Å². The Morgan fingerprint density at radius 3 is 2.00 bits per heavy atom. The third kappa shape index (κ3) is 0.861. The average Bonchev–Trinajstić information content (AvgIpc) is 1.84. The maximum Gasteiger partial charge on any atom is 0.602 e. The minimum absolute atomic E-state index is 1.83. The second-order valence-electron chi connectivity index (χ2n) is 0.855. The summed E-state index contributed by atoms with van der Waals surface area (Å²) in [4.78, 5) is 8.18. The molecule has 1 aliphatic heterocycles. The standard InChI is InChI=1S/C2HO4P/c3-7(4)5-1-2-6-7/h(H,3,4). The molecule has 1 aliphatic rings. The molecule has 0 aromatic carbocycles. The highest BCUT2D eigenvalue weighted by atomic mass is 31.2. The summed E-state index contributed by atoms with van der Waals surface area (Å²) >= 11 is 0. The van der Waals surface area contributed by atoms with Crippen LogP contribution in [0.3, 0.4) is 0 Å². The van der Waals surface area contributed by atoms with E-state index in [9.17, 15) is 4.57 Å². The minimum Gasteiger partial charge on any atom is -0.337 e. The molecule has 1 N–H and O–H groups in total. The molecule has 0 fully saturated rings. The van der Waals surface area contributed by atoms with Gasteiger partial charge in [-0.3, -0.25) is 4.89 Å². The van der Waals surface area contributed by atoms with Crippen LogP contribution in [0.15, 0.2) is 0 Å². The fraction of sp³-hybridized carbons (Fsp3) is 0.